The number of aryl methyl sites for hydroxylation is 4. The van der Waals surface area contributed by atoms with Crippen molar-refractivity contribution < 1.29 is 9.90 Å². The van der Waals surface area contributed by atoms with E-state index >= 15 is 0 Å². The molecule has 0 unspecified atom stereocenters. The molecule has 0 radical (unpaired) electrons. The Kier molecular flexibility index (Phi) is 6.55. The van der Waals surface area contributed by atoms with Crippen LogP contribution in [0.1, 0.15) is 30.6 Å². The average Bonchev–Trinajstić information content (AvgIpc) is 3.43. The minimum absolute atomic E-state index is 0.0472. The van der Waals surface area contributed by atoms with E-state index in [1.807, 2.05) is 32.2 Å². The molecule has 1 aliphatic heterocycles. The molecule has 0 spiro atoms. The molecule has 0 aliphatic carbocycles. The Bertz CT molecular complexity index is 1450. The lowest BCUT2D eigenvalue weighted by atomic mass is 9.96. The van der Waals surface area contributed by atoms with Gasteiger partial charge in [-0.15, -0.1) is 0 Å². The summed E-state index contributed by atoms with van der Waals surface area (Å²) in [5.74, 6) is 1.72. The Morgan fingerprint density at radius 3 is 2.81 bits per heavy atom. The van der Waals surface area contributed by atoms with Crippen molar-refractivity contribution in [3.05, 3.63) is 70.4 Å². The summed E-state index contributed by atoms with van der Waals surface area (Å²) in [7, 11) is 1.86. The van der Waals surface area contributed by atoms with Crippen molar-refractivity contribution in [2.45, 2.75) is 51.9 Å². The van der Waals surface area contributed by atoms with Crippen LogP contribution in [0, 0.1) is 0 Å². The minimum atomic E-state index is -0.945. The molecule has 1 aromatic carbocycles. The van der Waals surface area contributed by atoms with Gasteiger partial charge in [0.1, 0.15) is 18.0 Å². The van der Waals surface area contributed by atoms with Crippen molar-refractivity contribution in [2.75, 3.05) is 11.4 Å². The quantitative estimate of drug-likeness (QED) is 0.363. The molecule has 188 valence electrons. The fraction of sp³-hybridized carbons (Fsp3) is 0.400. The van der Waals surface area contributed by atoms with Gasteiger partial charge in [-0.1, -0.05) is 6.07 Å². The van der Waals surface area contributed by atoms with E-state index in [9.17, 15) is 14.7 Å². The SMILES string of the molecule is C[C@H]1CCc2c(ccc3c2nc(CCn2ccccc2=O)n3CCNCc2ncnn2C)N1C(=O)O. The van der Waals surface area contributed by atoms with Gasteiger partial charge in [-0.3, -0.25) is 14.4 Å². The van der Waals surface area contributed by atoms with E-state index in [-0.39, 0.29) is 11.6 Å². The van der Waals surface area contributed by atoms with Crippen molar-refractivity contribution in [1.29, 1.82) is 0 Å². The third-order valence-electron chi connectivity index (χ3n) is 6.87. The Morgan fingerprint density at radius 2 is 2.06 bits per heavy atom. The Labute approximate surface area is 208 Å². The van der Waals surface area contributed by atoms with Crippen molar-refractivity contribution >= 4 is 22.8 Å². The second-order valence-corrected chi connectivity index (χ2v) is 9.11. The number of imidazole rings is 1. The average molecular weight is 491 g/mol. The first-order chi connectivity index (χ1) is 17.4. The highest BCUT2D eigenvalue weighted by Gasteiger charge is 2.30. The third-order valence-corrected chi connectivity index (χ3v) is 6.87. The number of hydrogen-bond acceptors (Lipinski definition) is 6. The molecule has 11 nitrogen and oxygen atoms in total. The van der Waals surface area contributed by atoms with Gasteiger partial charge in [0.15, 0.2) is 0 Å². The van der Waals surface area contributed by atoms with E-state index in [0.717, 1.165) is 41.1 Å². The maximum atomic E-state index is 12.2. The van der Waals surface area contributed by atoms with E-state index < -0.39 is 6.09 Å². The van der Waals surface area contributed by atoms with Gasteiger partial charge in [-0.2, -0.15) is 5.10 Å². The molecule has 0 saturated carbocycles. The highest BCUT2D eigenvalue weighted by atomic mass is 16.4. The summed E-state index contributed by atoms with van der Waals surface area (Å²) in [6.45, 7) is 4.40. The van der Waals surface area contributed by atoms with Crippen LogP contribution in [0.3, 0.4) is 0 Å². The third kappa shape index (κ3) is 4.49. The van der Waals surface area contributed by atoms with Crippen molar-refractivity contribution in [1.82, 2.24) is 34.2 Å². The van der Waals surface area contributed by atoms with Crippen LogP contribution in [0.2, 0.25) is 0 Å². The summed E-state index contributed by atoms with van der Waals surface area (Å²) < 4.78 is 5.60. The maximum Gasteiger partial charge on any atom is 0.412 e. The van der Waals surface area contributed by atoms with Gasteiger partial charge in [-0.25, -0.2) is 14.8 Å². The number of nitrogens with one attached hydrogen (secondary N) is 1. The number of carbonyl (C=O) groups is 1. The minimum Gasteiger partial charge on any atom is -0.465 e. The number of pyridine rings is 1. The molecule has 1 aliphatic rings. The van der Waals surface area contributed by atoms with E-state index in [2.05, 4.69) is 20.0 Å². The molecule has 4 aromatic rings. The summed E-state index contributed by atoms with van der Waals surface area (Å²) in [5.41, 5.74) is 3.45. The molecule has 2 N–H and O–H groups in total. The van der Waals surface area contributed by atoms with E-state index in [4.69, 9.17) is 4.98 Å². The normalized spacial score (nSPS) is 15.4. The Morgan fingerprint density at radius 1 is 1.19 bits per heavy atom. The van der Waals surface area contributed by atoms with Gasteiger partial charge in [0.25, 0.3) is 5.56 Å². The van der Waals surface area contributed by atoms with Crippen LogP contribution < -0.4 is 15.8 Å². The number of anilines is 1. The first-order valence-corrected chi connectivity index (χ1v) is 12.2. The number of fused-ring (bicyclic) bond motifs is 3. The van der Waals surface area contributed by atoms with Crippen LogP contribution in [-0.4, -0.2) is 52.7 Å². The van der Waals surface area contributed by atoms with Crippen molar-refractivity contribution in [3.8, 4) is 0 Å². The highest BCUT2D eigenvalue weighted by molar-refractivity contribution is 5.94. The molecule has 1 amide bonds. The zero-order chi connectivity index (χ0) is 25.2. The van der Waals surface area contributed by atoms with Gasteiger partial charge in [-0.05, 0) is 38.0 Å². The summed E-state index contributed by atoms with van der Waals surface area (Å²) in [4.78, 5) is 34.9. The first-order valence-electron chi connectivity index (χ1n) is 12.2. The monoisotopic (exact) mass is 490 g/mol. The molecule has 11 heteroatoms. The smallest absolute Gasteiger partial charge is 0.412 e. The Balaban J connectivity index is 1.46. The maximum absolute atomic E-state index is 12.2. The summed E-state index contributed by atoms with van der Waals surface area (Å²) in [6, 6.07) is 8.92. The van der Waals surface area contributed by atoms with E-state index in [0.29, 0.717) is 38.3 Å². The molecular weight excluding hydrogens is 460 g/mol. The van der Waals surface area contributed by atoms with Crippen molar-refractivity contribution in [3.63, 3.8) is 0 Å². The van der Waals surface area contributed by atoms with Crippen molar-refractivity contribution in [2.24, 2.45) is 7.05 Å². The first kappa shape index (κ1) is 23.7. The number of benzene rings is 1. The van der Waals surface area contributed by atoms with Gasteiger partial charge in [0.05, 0.1) is 23.3 Å². The molecule has 3 aromatic heterocycles. The summed E-state index contributed by atoms with van der Waals surface area (Å²) >= 11 is 0. The molecule has 4 heterocycles. The lowest BCUT2D eigenvalue weighted by Crippen LogP contribution is -2.41. The topological polar surface area (TPSA) is 123 Å². The predicted octanol–water partition coefficient (Wildman–Crippen LogP) is 2.18. The standard InChI is InChI=1S/C25H30N8O3/c1-17-6-7-18-19(33(17)25(35)36)8-9-20-24(18)29-21(10-13-31-12-4-3-5-23(31)34)32(20)14-11-26-15-22-27-16-28-30(22)2/h3-5,8-9,12,16-17,26H,6-7,10-11,13-15H2,1-2H3,(H,35,36)/t17-/m0/s1. The molecular formula is C25H30N8O3. The van der Waals surface area contributed by atoms with E-state index in [1.54, 1.807) is 27.6 Å². The number of carboxylic acid groups (broad SMARTS) is 1. The van der Waals surface area contributed by atoms with E-state index in [1.165, 1.54) is 11.2 Å². The van der Waals surface area contributed by atoms with Gasteiger partial charge in [0.2, 0.25) is 0 Å². The predicted molar refractivity (Wildman–Crippen MR) is 135 cm³/mol. The Hall–Kier alpha value is -3.99. The lowest BCUT2D eigenvalue weighted by Gasteiger charge is -2.33. The molecule has 0 fully saturated rings. The van der Waals surface area contributed by atoms with Crippen LogP contribution in [0.5, 0.6) is 0 Å². The second-order valence-electron chi connectivity index (χ2n) is 9.11. The number of nitrogens with zero attached hydrogens (tertiary/aromatic N) is 7. The number of rotatable bonds is 8. The molecule has 1 atom stereocenters. The fourth-order valence-electron chi connectivity index (χ4n) is 4.95. The zero-order valence-electron chi connectivity index (χ0n) is 20.5. The second kappa shape index (κ2) is 9.94. The van der Waals surface area contributed by atoms with Gasteiger partial charge in [0, 0.05) is 57.0 Å². The number of aromatic nitrogens is 6. The zero-order valence-corrected chi connectivity index (χ0v) is 20.5. The van der Waals surface area contributed by atoms with Crippen LogP contribution in [0.25, 0.3) is 11.0 Å². The highest BCUT2D eigenvalue weighted by Crippen LogP contribution is 2.36. The van der Waals surface area contributed by atoms with Crippen LogP contribution in [-0.2, 0) is 39.5 Å². The van der Waals surface area contributed by atoms with Gasteiger partial charge < -0.3 is 19.6 Å². The number of amides is 1. The molecule has 5 rings (SSSR count). The lowest BCUT2D eigenvalue weighted by molar-refractivity contribution is 0.198. The molecule has 36 heavy (non-hydrogen) atoms. The largest absolute Gasteiger partial charge is 0.465 e. The van der Waals surface area contributed by atoms with Crippen LogP contribution in [0.15, 0.2) is 47.7 Å². The van der Waals surface area contributed by atoms with Gasteiger partial charge >= 0.3 is 6.09 Å². The van der Waals surface area contributed by atoms with Crippen LogP contribution in [0.4, 0.5) is 10.5 Å². The van der Waals surface area contributed by atoms with Crippen LogP contribution >= 0.6 is 0 Å². The summed E-state index contributed by atoms with van der Waals surface area (Å²) in [5, 5.41) is 17.3. The summed E-state index contributed by atoms with van der Waals surface area (Å²) in [6.07, 6.45) is 4.48. The molecule has 0 saturated heterocycles. The number of hydrogen-bond donors (Lipinski definition) is 2. The fourth-order valence-corrected chi connectivity index (χ4v) is 4.95. The molecule has 0 bridgehead atoms.